The maximum absolute atomic E-state index is 12.5. The van der Waals surface area contributed by atoms with E-state index < -0.39 is 5.97 Å². The molecule has 23 heavy (non-hydrogen) atoms. The van der Waals surface area contributed by atoms with Crippen molar-refractivity contribution in [2.75, 3.05) is 7.05 Å². The summed E-state index contributed by atoms with van der Waals surface area (Å²) in [5.41, 5.74) is 2.06. The van der Waals surface area contributed by atoms with Gasteiger partial charge in [0.05, 0.1) is 23.5 Å². The number of carbonyl (C=O) groups excluding carboxylic acids is 2. The number of aromatic nitrogens is 2. The van der Waals surface area contributed by atoms with Crippen LogP contribution in [-0.4, -0.2) is 39.5 Å². The molecule has 7 heteroatoms. The molecular formula is C16H14ClN3O3. The highest BCUT2D eigenvalue weighted by molar-refractivity contribution is 6.31. The van der Waals surface area contributed by atoms with Crippen LogP contribution in [0.15, 0.2) is 24.5 Å². The minimum Gasteiger partial charge on any atom is -0.458 e. The number of nitrogens with zero attached hydrogens (tertiary/aromatic N) is 3. The van der Waals surface area contributed by atoms with Gasteiger partial charge in [0.25, 0.3) is 5.91 Å². The summed E-state index contributed by atoms with van der Waals surface area (Å²) in [5.74, 6) is -0.577. The first-order valence-electron chi connectivity index (χ1n) is 7.37. The predicted molar refractivity (Wildman–Crippen MR) is 82.8 cm³/mol. The average molecular weight is 332 g/mol. The molecule has 2 heterocycles. The van der Waals surface area contributed by atoms with Crippen molar-refractivity contribution in [1.82, 2.24) is 14.5 Å². The van der Waals surface area contributed by atoms with E-state index in [9.17, 15) is 9.59 Å². The molecule has 6 nitrogen and oxygen atoms in total. The van der Waals surface area contributed by atoms with Crippen LogP contribution in [0.4, 0.5) is 0 Å². The largest absolute Gasteiger partial charge is 0.458 e. The number of rotatable bonds is 2. The van der Waals surface area contributed by atoms with Gasteiger partial charge in [0.15, 0.2) is 5.69 Å². The Kier molecular flexibility index (Phi) is 3.16. The lowest BCUT2D eigenvalue weighted by Gasteiger charge is -2.14. The number of carbonyl (C=O) groups is 2. The summed E-state index contributed by atoms with van der Waals surface area (Å²) in [7, 11) is 1.69. The smallest absolute Gasteiger partial charge is 0.359 e. The fourth-order valence-corrected chi connectivity index (χ4v) is 2.86. The van der Waals surface area contributed by atoms with E-state index >= 15 is 0 Å². The van der Waals surface area contributed by atoms with Crippen molar-refractivity contribution in [2.45, 2.75) is 25.5 Å². The molecule has 1 saturated carbocycles. The van der Waals surface area contributed by atoms with Crippen molar-refractivity contribution in [3.63, 3.8) is 0 Å². The Morgan fingerprint density at radius 3 is 2.91 bits per heavy atom. The number of esters is 1. The van der Waals surface area contributed by atoms with E-state index in [1.165, 1.54) is 0 Å². The lowest BCUT2D eigenvalue weighted by molar-refractivity contribution is 0.0462. The van der Waals surface area contributed by atoms with Crippen molar-refractivity contribution in [3.8, 4) is 5.69 Å². The highest BCUT2D eigenvalue weighted by Gasteiger charge is 2.32. The van der Waals surface area contributed by atoms with Gasteiger partial charge in [0.1, 0.15) is 12.4 Å². The van der Waals surface area contributed by atoms with Crippen molar-refractivity contribution >= 4 is 23.5 Å². The third-order valence-electron chi connectivity index (χ3n) is 4.04. The molecule has 1 aliphatic carbocycles. The van der Waals surface area contributed by atoms with Gasteiger partial charge in [-0.1, -0.05) is 11.6 Å². The molecule has 1 aromatic heterocycles. The number of imidazole rings is 1. The summed E-state index contributed by atoms with van der Waals surface area (Å²) in [5, 5.41) is 0.488. The Balaban J connectivity index is 1.84. The van der Waals surface area contributed by atoms with Crippen LogP contribution in [0.2, 0.25) is 5.02 Å². The van der Waals surface area contributed by atoms with Crippen LogP contribution in [0.5, 0.6) is 0 Å². The first-order chi connectivity index (χ1) is 11.0. The van der Waals surface area contributed by atoms with E-state index in [-0.39, 0.29) is 24.2 Å². The molecule has 2 aliphatic rings. The maximum atomic E-state index is 12.5. The molecule has 4 rings (SSSR count). The highest BCUT2D eigenvalue weighted by atomic mass is 35.5. The number of amides is 1. The fraction of sp³-hybridized carbons (Fsp3) is 0.312. The number of ether oxygens (including phenoxy) is 1. The summed E-state index contributed by atoms with van der Waals surface area (Å²) in [6, 6.07) is 5.11. The normalized spacial score (nSPS) is 16.6. The van der Waals surface area contributed by atoms with Crippen molar-refractivity contribution < 1.29 is 14.3 Å². The van der Waals surface area contributed by atoms with Gasteiger partial charge in [-0.25, -0.2) is 9.78 Å². The lowest BCUT2D eigenvalue weighted by Crippen LogP contribution is -2.26. The summed E-state index contributed by atoms with van der Waals surface area (Å²) in [6.07, 6.45) is 3.37. The Morgan fingerprint density at radius 2 is 2.17 bits per heavy atom. The first kappa shape index (κ1) is 14.3. The zero-order valence-corrected chi connectivity index (χ0v) is 13.2. The van der Waals surface area contributed by atoms with E-state index in [1.54, 1.807) is 41.0 Å². The Morgan fingerprint density at radius 1 is 1.39 bits per heavy atom. The third-order valence-corrected chi connectivity index (χ3v) is 4.28. The molecule has 0 N–H and O–H groups in total. The van der Waals surface area contributed by atoms with Crippen LogP contribution >= 0.6 is 11.6 Å². The van der Waals surface area contributed by atoms with Crippen LogP contribution in [0, 0.1) is 0 Å². The Bertz CT molecular complexity index is 826. The molecule has 0 bridgehead atoms. The first-order valence-corrected chi connectivity index (χ1v) is 7.75. The maximum Gasteiger partial charge on any atom is 0.359 e. The van der Waals surface area contributed by atoms with Gasteiger partial charge in [-0.3, -0.25) is 9.36 Å². The number of halogens is 1. The van der Waals surface area contributed by atoms with Crippen LogP contribution in [0.1, 0.15) is 39.4 Å². The average Bonchev–Trinajstić information content (AvgIpc) is 3.25. The molecule has 0 unspecified atom stereocenters. The van der Waals surface area contributed by atoms with Gasteiger partial charge in [-0.2, -0.15) is 0 Å². The van der Waals surface area contributed by atoms with Gasteiger partial charge >= 0.3 is 5.97 Å². The molecule has 1 aliphatic heterocycles. The van der Waals surface area contributed by atoms with E-state index in [1.807, 2.05) is 0 Å². The second-order valence-electron chi connectivity index (χ2n) is 5.84. The van der Waals surface area contributed by atoms with Crippen LogP contribution in [-0.2, 0) is 11.3 Å². The molecule has 118 valence electrons. The number of fused-ring (bicyclic) bond motifs is 3. The zero-order valence-electron chi connectivity index (χ0n) is 12.5. The van der Waals surface area contributed by atoms with Gasteiger partial charge in [-0.15, -0.1) is 0 Å². The van der Waals surface area contributed by atoms with E-state index in [0.717, 1.165) is 12.8 Å². The van der Waals surface area contributed by atoms with Crippen LogP contribution in [0.25, 0.3) is 5.69 Å². The standard InChI is InChI=1S/C16H14ClN3O3/c1-19-7-13-14(16(22)23-10-3-4-10)18-8-20(13)12-5-2-9(17)6-11(12)15(19)21/h2,5-6,8,10H,3-4,7H2,1H3. The zero-order chi connectivity index (χ0) is 16.1. The number of hydrogen-bond acceptors (Lipinski definition) is 4. The highest BCUT2D eigenvalue weighted by Crippen LogP contribution is 2.29. The molecular weight excluding hydrogens is 318 g/mol. The summed E-state index contributed by atoms with van der Waals surface area (Å²) >= 11 is 6.02. The molecule has 1 fully saturated rings. The molecule has 1 aromatic carbocycles. The van der Waals surface area contributed by atoms with Gasteiger partial charge in [0.2, 0.25) is 0 Å². The number of benzene rings is 1. The van der Waals surface area contributed by atoms with Crippen molar-refractivity contribution in [3.05, 3.63) is 46.5 Å². The van der Waals surface area contributed by atoms with Crippen LogP contribution < -0.4 is 0 Å². The third kappa shape index (κ3) is 2.39. The summed E-state index contributed by atoms with van der Waals surface area (Å²) in [4.78, 5) is 30.6. The minimum atomic E-state index is -0.431. The predicted octanol–water partition coefficient (Wildman–Crippen LogP) is 2.43. The topological polar surface area (TPSA) is 64.4 Å². The van der Waals surface area contributed by atoms with Gasteiger partial charge < -0.3 is 9.64 Å². The van der Waals surface area contributed by atoms with Gasteiger partial charge in [-0.05, 0) is 31.0 Å². The van der Waals surface area contributed by atoms with E-state index in [4.69, 9.17) is 16.3 Å². The Hall–Kier alpha value is -2.34. The minimum absolute atomic E-state index is 0.0103. The molecule has 0 spiro atoms. The second-order valence-corrected chi connectivity index (χ2v) is 6.27. The summed E-state index contributed by atoms with van der Waals surface area (Å²) in [6.45, 7) is 0.278. The van der Waals surface area contributed by atoms with Crippen LogP contribution in [0.3, 0.4) is 0 Å². The van der Waals surface area contributed by atoms with Crippen molar-refractivity contribution in [1.29, 1.82) is 0 Å². The molecule has 1 amide bonds. The summed E-state index contributed by atoms with van der Waals surface area (Å²) < 4.78 is 7.10. The van der Waals surface area contributed by atoms with E-state index in [0.29, 0.717) is 22.0 Å². The molecule has 0 radical (unpaired) electrons. The van der Waals surface area contributed by atoms with E-state index in [2.05, 4.69) is 4.98 Å². The molecule has 0 saturated heterocycles. The fourth-order valence-electron chi connectivity index (χ4n) is 2.69. The second kappa shape index (κ2) is 5.09. The van der Waals surface area contributed by atoms with Crippen molar-refractivity contribution in [2.24, 2.45) is 0 Å². The lowest BCUT2D eigenvalue weighted by atomic mass is 10.1. The molecule has 0 atom stereocenters. The molecule has 2 aromatic rings. The van der Waals surface area contributed by atoms with Gasteiger partial charge in [0, 0.05) is 12.1 Å². The SMILES string of the molecule is CN1Cc2c(C(=O)OC3CC3)ncn2-c2ccc(Cl)cc2C1=O. The Labute approximate surface area is 137 Å². The quantitative estimate of drug-likeness (QED) is 0.793. The monoisotopic (exact) mass is 331 g/mol. The number of hydrogen-bond donors (Lipinski definition) is 0.